The molecule has 0 N–H and O–H groups in total. The van der Waals surface area contributed by atoms with Crippen molar-refractivity contribution >= 4 is 22.6 Å². The van der Waals surface area contributed by atoms with Gasteiger partial charge in [0.05, 0.1) is 30.5 Å². The minimum atomic E-state index is -0.0653. The first-order valence-corrected chi connectivity index (χ1v) is 8.98. The van der Waals surface area contributed by atoms with Crippen LogP contribution in [0, 0.1) is 0 Å². The Morgan fingerprint density at radius 3 is 2.42 bits per heavy atom. The Morgan fingerprint density at radius 2 is 1.62 bits per heavy atom. The molecule has 3 nitrogen and oxygen atoms in total. The van der Waals surface area contributed by atoms with Crippen molar-refractivity contribution in [2.24, 2.45) is 0 Å². The Hall–Kier alpha value is -2.62. The van der Waals surface area contributed by atoms with Crippen LogP contribution in [0.5, 0.6) is 0 Å². The molecular weight excluding hydrogens is 344 g/mol. The maximum atomic E-state index is 6.28. The molecule has 0 radical (unpaired) electrons. The fourth-order valence-corrected chi connectivity index (χ4v) is 3.16. The molecule has 3 aromatic carbocycles. The van der Waals surface area contributed by atoms with E-state index in [1.165, 1.54) is 0 Å². The zero-order chi connectivity index (χ0) is 17.8. The van der Waals surface area contributed by atoms with Gasteiger partial charge in [-0.1, -0.05) is 66.2 Å². The van der Waals surface area contributed by atoms with Crippen molar-refractivity contribution in [3.05, 3.63) is 101 Å². The number of halogens is 1. The van der Waals surface area contributed by atoms with E-state index in [0.717, 1.165) is 27.2 Å². The number of ether oxygens (including phenoxy) is 1. The number of para-hydroxylation sites is 2. The number of rotatable bonds is 6. The van der Waals surface area contributed by atoms with Gasteiger partial charge < -0.3 is 9.30 Å². The summed E-state index contributed by atoms with van der Waals surface area (Å²) in [7, 11) is 0. The van der Waals surface area contributed by atoms with Crippen LogP contribution in [0.4, 0.5) is 0 Å². The van der Waals surface area contributed by atoms with E-state index in [1.807, 2.05) is 67.0 Å². The lowest BCUT2D eigenvalue weighted by Crippen LogP contribution is -2.12. The molecule has 0 aliphatic heterocycles. The molecule has 1 heterocycles. The van der Waals surface area contributed by atoms with Gasteiger partial charge in [-0.05, 0) is 35.4 Å². The van der Waals surface area contributed by atoms with Crippen LogP contribution in [0.3, 0.4) is 0 Å². The number of benzene rings is 3. The van der Waals surface area contributed by atoms with Crippen LogP contribution in [-0.2, 0) is 17.9 Å². The van der Waals surface area contributed by atoms with Crippen LogP contribution in [0.2, 0.25) is 5.02 Å². The molecule has 0 saturated heterocycles. The third-order valence-electron chi connectivity index (χ3n) is 4.43. The van der Waals surface area contributed by atoms with Crippen molar-refractivity contribution in [3.63, 3.8) is 0 Å². The molecule has 0 aliphatic rings. The molecule has 26 heavy (non-hydrogen) atoms. The van der Waals surface area contributed by atoms with Gasteiger partial charge >= 0.3 is 0 Å². The van der Waals surface area contributed by atoms with Gasteiger partial charge in [0, 0.05) is 5.02 Å². The molecule has 0 aliphatic carbocycles. The van der Waals surface area contributed by atoms with E-state index < -0.39 is 0 Å². The highest BCUT2D eigenvalue weighted by Gasteiger charge is 2.14. The highest BCUT2D eigenvalue weighted by atomic mass is 35.5. The zero-order valence-electron chi connectivity index (χ0n) is 14.3. The van der Waals surface area contributed by atoms with Crippen LogP contribution in [-0.4, -0.2) is 9.55 Å². The molecule has 1 unspecified atom stereocenters. The first kappa shape index (κ1) is 16.8. The molecule has 0 bridgehead atoms. The number of aromatic nitrogens is 2. The first-order valence-electron chi connectivity index (χ1n) is 8.60. The summed E-state index contributed by atoms with van der Waals surface area (Å²) in [6, 6.07) is 26.2. The van der Waals surface area contributed by atoms with Crippen molar-refractivity contribution < 1.29 is 4.74 Å². The van der Waals surface area contributed by atoms with E-state index in [2.05, 4.69) is 27.8 Å². The number of nitrogens with zero attached hydrogens (tertiary/aromatic N) is 2. The maximum Gasteiger partial charge on any atom is 0.101 e. The largest absolute Gasteiger partial charge is 0.367 e. The quantitative estimate of drug-likeness (QED) is 0.443. The Bertz CT molecular complexity index is 980. The van der Waals surface area contributed by atoms with E-state index >= 15 is 0 Å². The Morgan fingerprint density at radius 1 is 0.885 bits per heavy atom. The van der Waals surface area contributed by atoms with E-state index in [4.69, 9.17) is 16.3 Å². The molecule has 1 atom stereocenters. The van der Waals surface area contributed by atoms with E-state index in [9.17, 15) is 0 Å². The van der Waals surface area contributed by atoms with Crippen molar-refractivity contribution in [1.29, 1.82) is 0 Å². The average Bonchev–Trinajstić information content (AvgIpc) is 3.10. The molecule has 4 rings (SSSR count). The third kappa shape index (κ3) is 3.79. The van der Waals surface area contributed by atoms with E-state index in [1.54, 1.807) is 0 Å². The molecule has 130 valence electrons. The van der Waals surface area contributed by atoms with Crippen LogP contribution in [0.15, 0.2) is 85.2 Å². The summed E-state index contributed by atoms with van der Waals surface area (Å²) in [4.78, 5) is 4.49. The van der Waals surface area contributed by atoms with Crippen LogP contribution in [0.1, 0.15) is 17.2 Å². The maximum absolute atomic E-state index is 6.28. The highest BCUT2D eigenvalue weighted by molar-refractivity contribution is 6.30. The summed E-state index contributed by atoms with van der Waals surface area (Å²) in [5.74, 6) is 0. The summed E-state index contributed by atoms with van der Waals surface area (Å²) in [5.41, 5.74) is 4.37. The third-order valence-corrected chi connectivity index (χ3v) is 4.68. The molecule has 0 fully saturated rings. The lowest BCUT2D eigenvalue weighted by molar-refractivity contribution is 0.0287. The van der Waals surface area contributed by atoms with Crippen molar-refractivity contribution in [2.75, 3.05) is 0 Å². The van der Waals surface area contributed by atoms with Crippen LogP contribution >= 0.6 is 11.6 Å². The smallest absolute Gasteiger partial charge is 0.101 e. The predicted octanol–water partition coefficient (Wildman–Crippen LogP) is 5.65. The number of fused-ring (bicyclic) bond motifs is 1. The van der Waals surface area contributed by atoms with Gasteiger partial charge in [0.25, 0.3) is 0 Å². The number of hydrogen-bond donors (Lipinski definition) is 0. The fraction of sp³-hybridized carbons (Fsp3) is 0.136. The van der Waals surface area contributed by atoms with Crippen molar-refractivity contribution in [2.45, 2.75) is 19.3 Å². The topological polar surface area (TPSA) is 27.1 Å². The monoisotopic (exact) mass is 362 g/mol. The Labute approximate surface area is 157 Å². The Kier molecular flexibility index (Phi) is 5.00. The Balaban J connectivity index is 1.57. The molecule has 4 heteroatoms. The van der Waals surface area contributed by atoms with Gasteiger partial charge in [-0.25, -0.2) is 4.98 Å². The van der Waals surface area contributed by atoms with E-state index in [0.29, 0.717) is 13.2 Å². The highest BCUT2D eigenvalue weighted by Crippen LogP contribution is 2.24. The lowest BCUT2D eigenvalue weighted by Gasteiger charge is -2.19. The summed E-state index contributed by atoms with van der Waals surface area (Å²) < 4.78 is 8.43. The van der Waals surface area contributed by atoms with Crippen molar-refractivity contribution in [3.8, 4) is 0 Å². The first-order chi connectivity index (χ1) is 12.8. The van der Waals surface area contributed by atoms with Gasteiger partial charge in [-0.3, -0.25) is 0 Å². The normalized spacial score (nSPS) is 12.3. The summed E-state index contributed by atoms with van der Waals surface area (Å²) in [6.07, 6.45) is 1.82. The van der Waals surface area contributed by atoms with E-state index in [-0.39, 0.29) is 6.10 Å². The molecule has 0 spiro atoms. The zero-order valence-corrected chi connectivity index (χ0v) is 15.0. The molecule has 0 saturated carbocycles. The average molecular weight is 363 g/mol. The van der Waals surface area contributed by atoms with Gasteiger partial charge in [-0.2, -0.15) is 0 Å². The number of hydrogen-bond acceptors (Lipinski definition) is 2. The molecule has 0 amide bonds. The lowest BCUT2D eigenvalue weighted by atomic mass is 10.1. The molecule has 4 aromatic rings. The summed E-state index contributed by atoms with van der Waals surface area (Å²) in [5, 5.41) is 0.734. The van der Waals surface area contributed by atoms with Crippen molar-refractivity contribution in [1.82, 2.24) is 9.55 Å². The van der Waals surface area contributed by atoms with Crippen LogP contribution in [0.25, 0.3) is 11.0 Å². The molecular formula is C22H19ClN2O. The second-order valence-corrected chi connectivity index (χ2v) is 6.66. The van der Waals surface area contributed by atoms with Gasteiger partial charge in [0.2, 0.25) is 0 Å². The van der Waals surface area contributed by atoms with Gasteiger partial charge in [-0.15, -0.1) is 0 Å². The summed E-state index contributed by atoms with van der Waals surface area (Å²) >= 11 is 5.97. The van der Waals surface area contributed by atoms with Gasteiger partial charge in [0.1, 0.15) is 6.10 Å². The fourth-order valence-electron chi connectivity index (χ4n) is 3.03. The van der Waals surface area contributed by atoms with Gasteiger partial charge in [0.15, 0.2) is 0 Å². The SMILES string of the molecule is Clc1ccc(COC(Cn2cnc3ccccc32)c2ccccc2)cc1. The number of imidazole rings is 1. The minimum Gasteiger partial charge on any atom is -0.367 e. The summed E-state index contributed by atoms with van der Waals surface area (Å²) in [6.45, 7) is 1.24. The predicted molar refractivity (Wildman–Crippen MR) is 105 cm³/mol. The second kappa shape index (κ2) is 7.73. The van der Waals surface area contributed by atoms with Crippen LogP contribution < -0.4 is 0 Å². The standard InChI is InChI=1S/C22H19ClN2O/c23-19-12-10-17(11-13-19)15-26-22(18-6-2-1-3-7-18)14-25-16-24-20-8-4-5-9-21(20)25/h1-13,16,22H,14-15H2. The minimum absolute atomic E-state index is 0.0653. The second-order valence-electron chi connectivity index (χ2n) is 6.22. The molecule has 1 aromatic heterocycles.